The molecule has 18 heavy (non-hydrogen) atoms. The lowest BCUT2D eigenvalue weighted by Gasteiger charge is -2.00. The Labute approximate surface area is 114 Å². The van der Waals surface area contributed by atoms with E-state index in [1.54, 1.807) is 23.6 Å². The Bertz CT molecular complexity index is 567. The Hall–Kier alpha value is -1.60. The lowest BCUT2D eigenvalue weighted by Crippen LogP contribution is -1.90. The Balaban J connectivity index is 2.75. The fraction of sp³-hybridized carbons (Fsp3) is 0.231. The van der Waals surface area contributed by atoms with Crippen molar-refractivity contribution in [1.82, 2.24) is 0 Å². The molecule has 0 aliphatic carbocycles. The van der Waals surface area contributed by atoms with Gasteiger partial charge in [-0.2, -0.15) is 5.26 Å². The van der Waals surface area contributed by atoms with Gasteiger partial charge < -0.3 is 0 Å². The van der Waals surface area contributed by atoms with Crippen LogP contribution in [0.2, 0.25) is 0 Å². The number of thiocarbonyl (C=S) groups is 1. The standard InChI is InChI=1S/C13H12N2OS2/c1-11-6-12(9-14)8-13(7-11)18(16)5-3-2-4-15-10-17/h3,5-8H,2,4H2,1H3/b5-3+. The monoisotopic (exact) mass is 276 g/mol. The lowest BCUT2D eigenvalue weighted by molar-refractivity contribution is 0.688. The fourth-order valence-electron chi connectivity index (χ4n) is 1.35. The molecule has 92 valence electrons. The minimum absolute atomic E-state index is 0.525. The van der Waals surface area contributed by atoms with Crippen molar-refractivity contribution in [2.45, 2.75) is 18.2 Å². The highest BCUT2D eigenvalue weighted by Crippen LogP contribution is 2.13. The average molecular weight is 276 g/mol. The van der Waals surface area contributed by atoms with E-state index in [1.807, 2.05) is 13.0 Å². The van der Waals surface area contributed by atoms with Crippen molar-refractivity contribution in [3.8, 4) is 6.07 Å². The Morgan fingerprint density at radius 2 is 2.28 bits per heavy atom. The number of nitrogens with zero attached hydrogens (tertiary/aromatic N) is 2. The molecule has 0 saturated carbocycles. The highest BCUT2D eigenvalue weighted by atomic mass is 32.2. The molecule has 0 aliphatic heterocycles. The smallest absolute Gasteiger partial charge is 0.0992 e. The van der Waals surface area contributed by atoms with E-state index < -0.39 is 10.8 Å². The molecule has 1 unspecified atom stereocenters. The van der Waals surface area contributed by atoms with Gasteiger partial charge in [-0.15, -0.1) is 0 Å². The predicted octanol–water partition coefficient (Wildman–Crippen LogP) is 2.98. The summed E-state index contributed by atoms with van der Waals surface area (Å²) in [5.74, 6) is 0. The highest BCUT2D eigenvalue weighted by molar-refractivity contribution is 7.88. The minimum atomic E-state index is -1.23. The number of rotatable bonds is 5. The number of nitriles is 1. The predicted molar refractivity (Wildman–Crippen MR) is 76.0 cm³/mol. The molecule has 0 aromatic heterocycles. The second kappa shape index (κ2) is 7.67. The van der Waals surface area contributed by atoms with Gasteiger partial charge in [0, 0.05) is 10.3 Å². The molecular formula is C13H12N2OS2. The van der Waals surface area contributed by atoms with Crippen LogP contribution in [0.3, 0.4) is 0 Å². The van der Waals surface area contributed by atoms with Crippen LogP contribution in [0.4, 0.5) is 0 Å². The van der Waals surface area contributed by atoms with Crippen molar-refractivity contribution in [2.75, 3.05) is 6.54 Å². The summed E-state index contributed by atoms with van der Waals surface area (Å²) in [4.78, 5) is 4.39. The number of isothiocyanates is 1. The molecule has 3 nitrogen and oxygen atoms in total. The van der Waals surface area contributed by atoms with E-state index in [1.165, 1.54) is 0 Å². The largest absolute Gasteiger partial charge is 0.250 e. The Morgan fingerprint density at radius 1 is 1.50 bits per heavy atom. The number of hydrogen-bond acceptors (Lipinski definition) is 4. The summed E-state index contributed by atoms with van der Waals surface area (Å²) in [7, 11) is -1.23. The van der Waals surface area contributed by atoms with Crippen molar-refractivity contribution in [3.63, 3.8) is 0 Å². The van der Waals surface area contributed by atoms with Crippen LogP contribution in [0.15, 0.2) is 39.6 Å². The van der Waals surface area contributed by atoms with Crippen LogP contribution in [-0.4, -0.2) is 15.9 Å². The molecule has 0 aliphatic rings. The van der Waals surface area contributed by atoms with Crippen molar-refractivity contribution >= 4 is 28.2 Å². The molecule has 0 N–H and O–H groups in total. The van der Waals surface area contributed by atoms with Gasteiger partial charge in [0.1, 0.15) is 0 Å². The lowest BCUT2D eigenvalue weighted by atomic mass is 10.2. The third kappa shape index (κ3) is 4.72. The molecule has 0 fully saturated rings. The first-order chi connectivity index (χ1) is 8.67. The second-order valence-corrected chi connectivity index (χ2v) is 5.10. The molecule has 1 aromatic carbocycles. The summed E-state index contributed by atoms with van der Waals surface area (Å²) in [5.41, 5.74) is 1.45. The van der Waals surface area contributed by atoms with Gasteiger partial charge in [0.2, 0.25) is 0 Å². The quantitative estimate of drug-likeness (QED) is 0.472. The first-order valence-electron chi connectivity index (χ1n) is 5.30. The van der Waals surface area contributed by atoms with Crippen LogP contribution < -0.4 is 0 Å². The van der Waals surface area contributed by atoms with Crippen molar-refractivity contribution in [1.29, 1.82) is 5.26 Å². The maximum Gasteiger partial charge on any atom is 0.0992 e. The van der Waals surface area contributed by atoms with Crippen molar-refractivity contribution in [3.05, 3.63) is 40.8 Å². The van der Waals surface area contributed by atoms with E-state index in [4.69, 9.17) is 5.26 Å². The van der Waals surface area contributed by atoms with E-state index in [9.17, 15) is 4.21 Å². The first kappa shape index (κ1) is 14.5. The minimum Gasteiger partial charge on any atom is -0.250 e. The number of hydrogen-bond donors (Lipinski definition) is 0. The third-order valence-corrected chi connectivity index (χ3v) is 3.37. The van der Waals surface area contributed by atoms with E-state index >= 15 is 0 Å². The summed E-state index contributed by atoms with van der Waals surface area (Å²) >= 11 is 4.44. The molecule has 0 radical (unpaired) electrons. The van der Waals surface area contributed by atoms with Crippen LogP contribution in [0.5, 0.6) is 0 Å². The van der Waals surface area contributed by atoms with E-state index in [0.717, 1.165) is 5.56 Å². The van der Waals surface area contributed by atoms with Gasteiger partial charge >= 0.3 is 0 Å². The summed E-state index contributed by atoms with van der Waals surface area (Å²) in [6, 6.07) is 7.27. The number of benzene rings is 1. The zero-order valence-electron chi connectivity index (χ0n) is 9.92. The van der Waals surface area contributed by atoms with Gasteiger partial charge in [-0.25, -0.2) is 9.20 Å². The molecule has 0 spiro atoms. The molecule has 0 heterocycles. The highest BCUT2D eigenvalue weighted by Gasteiger charge is 2.02. The van der Waals surface area contributed by atoms with Crippen LogP contribution in [-0.2, 0) is 10.8 Å². The molecule has 0 amide bonds. The van der Waals surface area contributed by atoms with E-state index in [0.29, 0.717) is 23.4 Å². The number of aliphatic imine (C=N–C) groups is 1. The van der Waals surface area contributed by atoms with Gasteiger partial charge in [0.25, 0.3) is 0 Å². The summed E-state index contributed by atoms with van der Waals surface area (Å²) in [5, 5.41) is 12.7. The van der Waals surface area contributed by atoms with E-state index in [2.05, 4.69) is 28.4 Å². The maximum atomic E-state index is 11.9. The summed E-state index contributed by atoms with van der Waals surface area (Å²) in [6.07, 6.45) is 2.47. The van der Waals surface area contributed by atoms with Gasteiger partial charge in [0.05, 0.1) is 34.1 Å². The van der Waals surface area contributed by atoms with Gasteiger partial charge in [-0.05, 0) is 49.3 Å². The normalized spacial score (nSPS) is 11.8. The average Bonchev–Trinajstić information content (AvgIpc) is 2.37. The summed E-state index contributed by atoms with van der Waals surface area (Å²) in [6.45, 7) is 2.42. The molecule has 1 atom stereocenters. The van der Waals surface area contributed by atoms with E-state index in [-0.39, 0.29) is 0 Å². The third-order valence-electron chi connectivity index (χ3n) is 2.10. The number of aryl methyl sites for hydroxylation is 1. The van der Waals surface area contributed by atoms with Crippen LogP contribution in [0, 0.1) is 18.3 Å². The molecule has 0 bridgehead atoms. The first-order valence-corrected chi connectivity index (χ1v) is 6.92. The van der Waals surface area contributed by atoms with Gasteiger partial charge in [0.15, 0.2) is 0 Å². The topological polar surface area (TPSA) is 53.2 Å². The van der Waals surface area contributed by atoms with Gasteiger partial charge in [-0.1, -0.05) is 6.08 Å². The van der Waals surface area contributed by atoms with Crippen LogP contribution >= 0.6 is 12.2 Å². The molecular weight excluding hydrogens is 264 g/mol. The zero-order chi connectivity index (χ0) is 13.4. The van der Waals surface area contributed by atoms with Crippen molar-refractivity contribution in [2.24, 2.45) is 4.99 Å². The van der Waals surface area contributed by atoms with Crippen LogP contribution in [0.1, 0.15) is 17.5 Å². The SMILES string of the molecule is Cc1cc(C#N)cc(S(=O)/C=C/CCN=C=S)c1. The summed E-state index contributed by atoms with van der Waals surface area (Å²) < 4.78 is 11.9. The molecule has 0 saturated heterocycles. The zero-order valence-corrected chi connectivity index (χ0v) is 11.6. The van der Waals surface area contributed by atoms with Crippen molar-refractivity contribution < 1.29 is 4.21 Å². The Kier molecular flexibility index (Phi) is 6.16. The van der Waals surface area contributed by atoms with Crippen LogP contribution in [0.25, 0.3) is 0 Å². The molecule has 1 rings (SSSR count). The maximum absolute atomic E-state index is 11.9. The molecule has 5 heteroatoms. The fourth-order valence-corrected chi connectivity index (χ4v) is 2.45. The molecule has 1 aromatic rings. The second-order valence-electron chi connectivity index (χ2n) is 3.58. The Morgan fingerprint density at radius 3 is 2.94 bits per heavy atom. The van der Waals surface area contributed by atoms with Gasteiger partial charge in [-0.3, -0.25) is 0 Å².